The minimum Gasteiger partial charge on any atom is -0.490 e. The van der Waals surface area contributed by atoms with Gasteiger partial charge < -0.3 is 39.5 Å². The van der Waals surface area contributed by atoms with Gasteiger partial charge in [0.1, 0.15) is 48.0 Å². The molecule has 13 nitrogen and oxygen atoms in total. The summed E-state index contributed by atoms with van der Waals surface area (Å²) in [6, 6.07) is 13.0. The molecule has 270 valence electrons. The molecule has 0 atom stereocenters. The Morgan fingerprint density at radius 2 is 1.66 bits per heavy atom. The zero-order valence-corrected chi connectivity index (χ0v) is 29.8. The fourth-order valence-electron chi connectivity index (χ4n) is 6.42. The van der Waals surface area contributed by atoms with E-state index in [2.05, 4.69) is 10.3 Å². The summed E-state index contributed by atoms with van der Waals surface area (Å²) in [5.74, 6) is 2.33. The number of ether oxygens (including phenoxy) is 4. The van der Waals surface area contributed by atoms with Crippen molar-refractivity contribution in [1.29, 1.82) is 0 Å². The number of methoxy groups -OCH3 is 1. The van der Waals surface area contributed by atoms with Gasteiger partial charge >= 0.3 is 12.1 Å². The van der Waals surface area contributed by atoms with Crippen molar-refractivity contribution in [3.05, 3.63) is 53.9 Å². The smallest absolute Gasteiger partial charge is 0.410 e. The summed E-state index contributed by atoms with van der Waals surface area (Å²) in [7, 11) is 3.06. The van der Waals surface area contributed by atoms with Crippen LogP contribution in [0.1, 0.15) is 70.7 Å². The number of hydrogen-bond donors (Lipinski definition) is 2. The molecule has 2 fully saturated rings. The largest absolute Gasteiger partial charge is 0.490 e. The summed E-state index contributed by atoms with van der Waals surface area (Å²) in [6.45, 7) is 7.51. The Morgan fingerprint density at radius 3 is 2.30 bits per heavy atom. The molecule has 1 aliphatic carbocycles. The molecule has 1 aliphatic heterocycles. The van der Waals surface area contributed by atoms with Crippen molar-refractivity contribution in [2.24, 2.45) is 22.6 Å². The van der Waals surface area contributed by atoms with Gasteiger partial charge in [-0.15, -0.1) is 0 Å². The number of carbonyl (C=O) groups is 3. The van der Waals surface area contributed by atoms with E-state index in [0.717, 1.165) is 55.4 Å². The molecular formula is C37H50N6O7. The number of hydrogen-bond acceptors (Lipinski definition) is 9. The lowest BCUT2D eigenvalue weighted by Gasteiger charge is -2.33. The first-order chi connectivity index (χ1) is 23.9. The third kappa shape index (κ3) is 9.66. The molecule has 5 rings (SSSR count). The van der Waals surface area contributed by atoms with Crippen LogP contribution in [0.4, 0.5) is 4.79 Å². The Kier molecular flexibility index (Phi) is 11.9. The number of likely N-dealkylation sites (tertiary alicyclic amines) is 1. The molecule has 2 aromatic carbocycles. The van der Waals surface area contributed by atoms with Crippen LogP contribution in [0.3, 0.4) is 0 Å². The number of esters is 1. The topological polar surface area (TPSA) is 160 Å². The summed E-state index contributed by atoms with van der Waals surface area (Å²) >= 11 is 0. The van der Waals surface area contributed by atoms with Crippen LogP contribution in [0.15, 0.2) is 47.5 Å². The predicted molar refractivity (Wildman–Crippen MR) is 189 cm³/mol. The fraction of sp³-hybridized carbons (Fsp3) is 0.541. The lowest BCUT2D eigenvalue weighted by molar-refractivity contribution is -0.146. The normalized spacial score (nSPS) is 18.8. The highest BCUT2D eigenvalue weighted by Crippen LogP contribution is 2.29. The Hall–Kier alpha value is -4.81. The lowest BCUT2D eigenvalue weighted by Crippen LogP contribution is -2.44. The summed E-state index contributed by atoms with van der Waals surface area (Å²) in [4.78, 5) is 48.1. The van der Waals surface area contributed by atoms with E-state index in [4.69, 9.17) is 29.7 Å². The number of amidine groups is 1. The van der Waals surface area contributed by atoms with Crippen LogP contribution in [-0.4, -0.2) is 83.8 Å². The number of fused-ring (bicyclic) bond motifs is 1. The third-order valence-electron chi connectivity index (χ3n) is 9.22. The molecule has 0 radical (unpaired) electrons. The van der Waals surface area contributed by atoms with Crippen molar-refractivity contribution in [1.82, 2.24) is 19.8 Å². The van der Waals surface area contributed by atoms with Crippen LogP contribution >= 0.6 is 0 Å². The molecule has 0 bridgehead atoms. The number of carbonyl (C=O) groups excluding carboxylic acids is 3. The number of imidazole rings is 1. The number of nitrogens with two attached hydrogens (primary N) is 1. The summed E-state index contributed by atoms with van der Waals surface area (Å²) in [5.41, 5.74) is 7.76. The first-order valence-electron chi connectivity index (χ1n) is 17.4. The van der Waals surface area contributed by atoms with E-state index in [1.807, 2.05) is 67.8 Å². The van der Waals surface area contributed by atoms with Gasteiger partial charge in [0.15, 0.2) is 0 Å². The summed E-state index contributed by atoms with van der Waals surface area (Å²) in [6.07, 6.45) is 4.43. The third-order valence-corrected chi connectivity index (χ3v) is 9.22. The zero-order valence-electron chi connectivity index (χ0n) is 29.8. The minimum absolute atomic E-state index is 0.00178. The van der Waals surface area contributed by atoms with E-state index < -0.39 is 5.60 Å². The number of piperidine rings is 1. The van der Waals surface area contributed by atoms with Gasteiger partial charge in [-0.05, 0) is 94.8 Å². The highest BCUT2D eigenvalue weighted by molar-refractivity contribution is 6.00. The Balaban J connectivity index is 1.18. The molecule has 2 aliphatic rings. The van der Waals surface area contributed by atoms with Gasteiger partial charge in [-0.25, -0.2) is 9.78 Å². The van der Waals surface area contributed by atoms with E-state index in [9.17, 15) is 14.4 Å². The van der Waals surface area contributed by atoms with Gasteiger partial charge in [0.2, 0.25) is 5.91 Å². The SMILES string of the molecule is CN=C(N)c1ccc2c(c1)nc(COc1ccc(OC3CCN(C(=O)OC(C)(C)C)CC3)cc1)n2CC(=O)NCC1CCC(C(=O)OC)CC1. The van der Waals surface area contributed by atoms with Crippen molar-refractivity contribution in [2.75, 3.05) is 33.8 Å². The molecular weight excluding hydrogens is 640 g/mol. The summed E-state index contributed by atoms with van der Waals surface area (Å²) in [5, 5.41) is 3.09. The van der Waals surface area contributed by atoms with Crippen LogP contribution in [-0.2, 0) is 32.2 Å². The predicted octanol–water partition coefficient (Wildman–Crippen LogP) is 4.82. The molecule has 1 saturated heterocycles. The van der Waals surface area contributed by atoms with Crippen LogP contribution in [0.5, 0.6) is 11.5 Å². The van der Waals surface area contributed by atoms with Crippen molar-refractivity contribution in [3.8, 4) is 11.5 Å². The van der Waals surface area contributed by atoms with E-state index in [-0.39, 0.29) is 43.1 Å². The molecule has 0 unspecified atom stereocenters. The van der Waals surface area contributed by atoms with E-state index in [1.54, 1.807) is 11.9 Å². The number of benzene rings is 2. The number of aliphatic imine (C=N–C) groups is 1. The standard InChI is InChI=1S/C37H50N6O7/c1-37(2,3)50-36(46)42-18-16-29(17-19-42)49-28-13-11-27(12-14-28)48-23-32-41-30-20-26(34(38)39-4)10-15-31(30)43(32)22-33(44)40-21-24-6-8-25(9-7-24)35(45)47-5/h10-15,20,24-25,29H,6-9,16-19,21-23H2,1-5H3,(H2,38,39)(H,40,44). The Morgan fingerprint density at radius 1 is 0.980 bits per heavy atom. The van der Waals surface area contributed by atoms with Gasteiger partial charge in [-0.2, -0.15) is 0 Å². The molecule has 2 amide bonds. The Labute approximate surface area is 293 Å². The van der Waals surface area contributed by atoms with Crippen molar-refractivity contribution < 1.29 is 33.3 Å². The van der Waals surface area contributed by atoms with Crippen LogP contribution in [0.25, 0.3) is 11.0 Å². The quantitative estimate of drug-likeness (QED) is 0.163. The average Bonchev–Trinajstić information content (AvgIpc) is 3.45. The van der Waals surface area contributed by atoms with E-state index in [0.29, 0.717) is 48.5 Å². The number of aromatic nitrogens is 2. The second-order valence-corrected chi connectivity index (χ2v) is 14.0. The first kappa shape index (κ1) is 36.5. The molecule has 2 heterocycles. The van der Waals surface area contributed by atoms with Crippen LogP contribution < -0.4 is 20.5 Å². The van der Waals surface area contributed by atoms with Crippen molar-refractivity contribution in [3.63, 3.8) is 0 Å². The lowest BCUT2D eigenvalue weighted by atomic mass is 9.82. The highest BCUT2D eigenvalue weighted by atomic mass is 16.6. The number of nitrogens with zero attached hydrogens (tertiary/aromatic N) is 4. The maximum absolute atomic E-state index is 13.2. The van der Waals surface area contributed by atoms with Gasteiger partial charge in [0, 0.05) is 45.1 Å². The monoisotopic (exact) mass is 690 g/mol. The maximum Gasteiger partial charge on any atom is 0.410 e. The molecule has 0 spiro atoms. The Bertz CT molecular complexity index is 1660. The van der Waals surface area contributed by atoms with E-state index >= 15 is 0 Å². The number of rotatable bonds is 11. The fourth-order valence-corrected chi connectivity index (χ4v) is 6.42. The number of nitrogens with one attached hydrogen (secondary N) is 1. The first-order valence-corrected chi connectivity index (χ1v) is 17.4. The van der Waals surface area contributed by atoms with Crippen molar-refractivity contribution >= 4 is 34.8 Å². The van der Waals surface area contributed by atoms with Gasteiger partial charge in [0.25, 0.3) is 0 Å². The molecule has 50 heavy (non-hydrogen) atoms. The zero-order chi connectivity index (χ0) is 35.8. The molecule has 13 heteroatoms. The molecule has 1 saturated carbocycles. The van der Waals surface area contributed by atoms with Gasteiger partial charge in [-0.3, -0.25) is 14.6 Å². The molecule has 1 aromatic heterocycles. The van der Waals surface area contributed by atoms with E-state index in [1.165, 1.54) is 7.11 Å². The summed E-state index contributed by atoms with van der Waals surface area (Å²) < 4.78 is 24.6. The number of amides is 2. The van der Waals surface area contributed by atoms with Crippen molar-refractivity contribution in [2.45, 2.75) is 84.2 Å². The maximum atomic E-state index is 13.2. The van der Waals surface area contributed by atoms with Crippen LogP contribution in [0, 0.1) is 11.8 Å². The van der Waals surface area contributed by atoms with Crippen LogP contribution in [0.2, 0.25) is 0 Å². The van der Waals surface area contributed by atoms with Gasteiger partial charge in [0.05, 0.1) is 24.1 Å². The second kappa shape index (κ2) is 16.3. The second-order valence-electron chi connectivity index (χ2n) is 14.0. The molecule has 3 aromatic rings. The average molecular weight is 691 g/mol. The van der Waals surface area contributed by atoms with Gasteiger partial charge in [-0.1, -0.05) is 0 Å². The molecule has 3 N–H and O–H groups in total. The minimum atomic E-state index is -0.521. The highest BCUT2D eigenvalue weighted by Gasteiger charge is 2.29.